The van der Waals surface area contributed by atoms with Crippen molar-refractivity contribution >= 4 is 10.8 Å². The third-order valence-electron chi connectivity index (χ3n) is 3.12. The van der Waals surface area contributed by atoms with Crippen molar-refractivity contribution in [2.45, 2.75) is 40.2 Å². The SMILES string of the molecule is CCCNC(CS(=O)CC)c1ccc(C)cc1C. The van der Waals surface area contributed by atoms with E-state index < -0.39 is 10.8 Å². The van der Waals surface area contributed by atoms with Crippen LogP contribution in [0.5, 0.6) is 0 Å². The van der Waals surface area contributed by atoms with Crippen molar-refractivity contribution in [3.63, 3.8) is 0 Å². The van der Waals surface area contributed by atoms with Gasteiger partial charge >= 0.3 is 0 Å². The van der Waals surface area contributed by atoms with Gasteiger partial charge < -0.3 is 5.32 Å². The van der Waals surface area contributed by atoms with Crippen LogP contribution in [0.15, 0.2) is 18.2 Å². The van der Waals surface area contributed by atoms with Crippen LogP contribution >= 0.6 is 0 Å². The van der Waals surface area contributed by atoms with Gasteiger partial charge in [0.1, 0.15) is 0 Å². The van der Waals surface area contributed by atoms with Gasteiger partial charge in [-0.2, -0.15) is 0 Å². The minimum Gasteiger partial charge on any atom is -0.309 e. The monoisotopic (exact) mass is 267 g/mol. The second-order valence-corrected chi connectivity index (χ2v) is 6.55. The molecule has 1 aromatic carbocycles. The van der Waals surface area contributed by atoms with Gasteiger partial charge in [-0.3, -0.25) is 4.21 Å². The first kappa shape index (κ1) is 15.4. The van der Waals surface area contributed by atoms with Gasteiger partial charge in [-0.05, 0) is 37.9 Å². The first-order valence-electron chi connectivity index (χ1n) is 6.74. The van der Waals surface area contributed by atoms with E-state index >= 15 is 0 Å². The standard InChI is InChI=1S/C15H25NOS/c1-5-9-16-15(11-18(17)6-2)14-8-7-12(3)10-13(14)4/h7-8,10,15-16H,5-6,9,11H2,1-4H3. The predicted molar refractivity (Wildman–Crippen MR) is 80.5 cm³/mol. The molecule has 2 unspecified atom stereocenters. The molecule has 102 valence electrons. The maximum absolute atomic E-state index is 11.8. The Labute approximate surface area is 114 Å². The Morgan fingerprint density at radius 2 is 2.00 bits per heavy atom. The first-order valence-corrected chi connectivity index (χ1v) is 8.22. The van der Waals surface area contributed by atoms with Gasteiger partial charge in [0.2, 0.25) is 0 Å². The summed E-state index contributed by atoms with van der Waals surface area (Å²) in [5.41, 5.74) is 3.86. The molecule has 3 heteroatoms. The lowest BCUT2D eigenvalue weighted by Crippen LogP contribution is -2.28. The average Bonchev–Trinajstić information content (AvgIpc) is 2.34. The summed E-state index contributed by atoms with van der Waals surface area (Å²) in [7, 11) is -0.737. The fourth-order valence-electron chi connectivity index (χ4n) is 2.10. The zero-order valence-corrected chi connectivity index (χ0v) is 12.8. The van der Waals surface area contributed by atoms with Crippen LogP contribution in [0.1, 0.15) is 43.0 Å². The second-order valence-electron chi connectivity index (χ2n) is 4.76. The topological polar surface area (TPSA) is 29.1 Å². The van der Waals surface area contributed by atoms with Crippen LogP contribution in [-0.4, -0.2) is 22.3 Å². The molecule has 0 spiro atoms. The summed E-state index contributed by atoms with van der Waals surface area (Å²) in [6.45, 7) is 9.35. The van der Waals surface area contributed by atoms with E-state index in [4.69, 9.17) is 0 Å². The molecule has 2 nitrogen and oxygen atoms in total. The van der Waals surface area contributed by atoms with Gasteiger partial charge in [-0.25, -0.2) is 0 Å². The van der Waals surface area contributed by atoms with Crippen LogP contribution in [-0.2, 0) is 10.8 Å². The Bertz CT molecular complexity index is 403. The highest BCUT2D eigenvalue weighted by molar-refractivity contribution is 7.84. The molecule has 0 aliphatic carbocycles. The van der Waals surface area contributed by atoms with E-state index in [1.54, 1.807) is 0 Å². The average molecular weight is 267 g/mol. The van der Waals surface area contributed by atoms with E-state index in [1.807, 2.05) is 6.92 Å². The molecule has 1 rings (SSSR count). The molecule has 0 fully saturated rings. The number of benzene rings is 1. The molecule has 0 saturated heterocycles. The Morgan fingerprint density at radius 1 is 1.28 bits per heavy atom. The van der Waals surface area contributed by atoms with E-state index in [0.29, 0.717) is 5.75 Å². The van der Waals surface area contributed by atoms with Gasteiger partial charge in [0.15, 0.2) is 0 Å². The van der Waals surface area contributed by atoms with Gasteiger partial charge in [-0.15, -0.1) is 0 Å². The van der Waals surface area contributed by atoms with Crippen molar-refractivity contribution in [2.75, 3.05) is 18.1 Å². The maximum atomic E-state index is 11.8. The van der Waals surface area contributed by atoms with Crippen LogP contribution < -0.4 is 5.32 Å². The first-order chi connectivity index (χ1) is 8.58. The maximum Gasteiger partial charge on any atom is 0.0439 e. The van der Waals surface area contributed by atoms with Gasteiger partial charge in [0, 0.05) is 28.3 Å². The summed E-state index contributed by atoms with van der Waals surface area (Å²) in [6, 6.07) is 6.72. The number of aryl methyl sites for hydroxylation is 2. The third kappa shape index (κ3) is 4.54. The van der Waals surface area contributed by atoms with Crippen molar-refractivity contribution in [3.05, 3.63) is 34.9 Å². The van der Waals surface area contributed by atoms with Crippen molar-refractivity contribution in [3.8, 4) is 0 Å². The molecular formula is C15H25NOS. The molecule has 2 atom stereocenters. The molecule has 0 heterocycles. The lowest BCUT2D eigenvalue weighted by molar-refractivity contribution is 0.567. The van der Waals surface area contributed by atoms with Gasteiger partial charge in [0.25, 0.3) is 0 Å². The highest BCUT2D eigenvalue weighted by Gasteiger charge is 2.15. The van der Waals surface area contributed by atoms with Crippen molar-refractivity contribution in [2.24, 2.45) is 0 Å². The fraction of sp³-hybridized carbons (Fsp3) is 0.600. The predicted octanol–water partition coefficient (Wildman–Crippen LogP) is 3.11. The van der Waals surface area contributed by atoms with Crippen LogP contribution in [0, 0.1) is 13.8 Å². The Morgan fingerprint density at radius 3 is 2.56 bits per heavy atom. The Hall–Kier alpha value is -0.670. The molecule has 1 N–H and O–H groups in total. The smallest absolute Gasteiger partial charge is 0.0439 e. The summed E-state index contributed by atoms with van der Waals surface area (Å²) in [4.78, 5) is 0. The van der Waals surface area contributed by atoms with E-state index in [2.05, 4.69) is 44.3 Å². The second kappa shape index (κ2) is 7.70. The Kier molecular flexibility index (Phi) is 6.58. The van der Waals surface area contributed by atoms with Crippen molar-refractivity contribution < 1.29 is 4.21 Å². The quantitative estimate of drug-likeness (QED) is 0.822. The summed E-state index contributed by atoms with van der Waals surface area (Å²) in [5, 5.41) is 3.52. The molecule has 0 saturated carbocycles. The fourth-order valence-corrected chi connectivity index (χ4v) is 3.00. The van der Waals surface area contributed by atoms with Crippen LogP contribution in [0.2, 0.25) is 0 Å². The molecule has 0 aliphatic heterocycles. The van der Waals surface area contributed by atoms with E-state index in [9.17, 15) is 4.21 Å². The number of nitrogens with one attached hydrogen (secondary N) is 1. The lowest BCUT2D eigenvalue weighted by atomic mass is 10.00. The number of hydrogen-bond acceptors (Lipinski definition) is 2. The molecule has 0 amide bonds. The van der Waals surface area contributed by atoms with Gasteiger partial charge in [-0.1, -0.05) is 37.6 Å². The molecule has 0 radical (unpaired) electrons. The van der Waals surface area contributed by atoms with E-state index in [1.165, 1.54) is 16.7 Å². The minimum absolute atomic E-state index is 0.214. The molecular weight excluding hydrogens is 242 g/mol. The van der Waals surface area contributed by atoms with Crippen LogP contribution in [0.4, 0.5) is 0 Å². The largest absolute Gasteiger partial charge is 0.309 e. The third-order valence-corrected chi connectivity index (χ3v) is 4.47. The summed E-state index contributed by atoms with van der Waals surface area (Å²) in [6.07, 6.45) is 1.10. The number of rotatable bonds is 7. The minimum atomic E-state index is -0.737. The van der Waals surface area contributed by atoms with Gasteiger partial charge in [0.05, 0.1) is 0 Å². The highest BCUT2D eigenvalue weighted by atomic mass is 32.2. The Balaban J connectivity index is 2.89. The summed E-state index contributed by atoms with van der Waals surface area (Å²) >= 11 is 0. The molecule has 0 aromatic heterocycles. The van der Waals surface area contributed by atoms with Crippen molar-refractivity contribution in [1.29, 1.82) is 0 Å². The zero-order chi connectivity index (χ0) is 13.5. The highest BCUT2D eigenvalue weighted by Crippen LogP contribution is 2.20. The lowest BCUT2D eigenvalue weighted by Gasteiger charge is -2.20. The zero-order valence-electron chi connectivity index (χ0n) is 12.0. The summed E-state index contributed by atoms with van der Waals surface area (Å²) < 4.78 is 11.8. The molecule has 18 heavy (non-hydrogen) atoms. The van der Waals surface area contributed by atoms with E-state index in [0.717, 1.165) is 18.7 Å². The molecule has 1 aromatic rings. The summed E-state index contributed by atoms with van der Waals surface area (Å²) in [5.74, 6) is 1.44. The van der Waals surface area contributed by atoms with Crippen LogP contribution in [0.25, 0.3) is 0 Å². The van der Waals surface area contributed by atoms with Crippen LogP contribution in [0.3, 0.4) is 0 Å². The van der Waals surface area contributed by atoms with E-state index in [-0.39, 0.29) is 6.04 Å². The number of hydrogen-bond donors (Lipinski definition) is 1. The van der Waals surface area contributed by atoms with Crippen molar-refractivity contribution in [1.82, 2.24) is 5.32 Å². The molecule has 0 aliphatic rings. The normalized spacial score (nSPS) is 14.4. The molecule has 0 bridgehead atoms.